The Morgan fingerprint density at radius 3 is 2.44 bits per heavy atom. The number of carboxylic acid groups (broad SMARTS) is 1. The SMILES string of the molecule is CC(C(=O)O)C(C)C(=O)NCCN1CCNCC1. The van der Waals surface area contributed by atoms with E-state index in [-0.39, 0.29) is 5.91 Å². The van der Waals surface area contributed by atoms with Gasteiger partial charge in [-0.15, -0.1) is 0 Å². The van der Waals surface area contributed by atoms with E-state index in [0.717, 1.165) is 32.7 Å². The van der Waals surface area contributed by atoms with Gasteiger partial charge in [-0.05, 0) is 0 Å². The molecule has 104 valence electrons. The standard InChI is InChI=1S/C12H23N3O3/c1-9(10(2)12(17)18)11(16)14-5-8-15-6-3-13-4-7-15/h9-10,13H,3-8H2,1-2H3,(H,14,16)(H,17,18). The zero-order valence-corrected chi connectivity index (χ0v) is 11.1. The predicted octanol–water partition coefficient (Wildman–Crippen LogP) is -0.635. The van der Waals surface area contributed by atoms with Crippen molar-refractivity contribution in [2.24, 2.45) is 11.8 Å². The smallest absolute Gasteiger partial charge is 0.307 e. The summed E-state index contributed by atoms with van der Waals surface area (Å²) in [4.78, 5) is 24.8. The highest BCUT2D eigenvalue weighted by molar-refractivity contribution is 5.84. The molecule has 0 saturated carbocycles. The molecule has 0 aromatic heterocycles. The van der Waals surface area contributed by atoms with Crippen molar-refractivity contribution in [2.75, 3.05) is 39.3 Å². The quantitative estimate of drug-likeness (QED) is 0.590. The number of piperazine rings is 1. The molecule has 1 fully saturated rings. The van der Waals surface area contributed by atoms with Gasteiger partial charge in [0.05, 0.1) is 5.92 Å². The average Bonchev–Trinajstić information content (AvgIpc) is 2.38. The maximum Gasteiger partial charge on any atom is 0.307 e. The van der Waals surface area contributed by atoms with Gasteiger partial charge in [0.25, 0.3) is 0 Å². The van der Waals surface area contributed by atoms with Crippen LogP contribution in [0.4, 0.5) is 0 Å². The highest BCUT2D eigenvalue weighted by atomic mass is 16.4. The summed E-state index contributed by atoms with van der Waals surface area (Å²) in [7, 11) is 0. The molecule has 2 atom stereocenters. The lowest BCUT2D eigenvalue weighted by Gasteiger charge is -2.27. The fraction of sp³-hybridized carbons (Fsp3) is 0.833. The second-order valence-electron chi connectivity index (χ2n) is 4.80. The molecule has 0 aliphatic carbocycles. The first-order chi connectivity index (χ1) is 8.52. The molecule has 6 nitrogen and oxygen atoms in total. The molecule has 1 heterocycles. The number of amides is 1. The van der Waals surface area contributed by atoms with E-state index in [9.17, 15) is 9.59 Å². The minimum Gasteiger partial charge on any atom is -0.481 e. The molecule has 1 saturated heterocycles. The van der Waals surface area contributed by atoms with Crippen molar-refractivity contribution in [1.29, 1.82) is 0 Å². The van der Waals surface area contributed by atoms with E-state index in [1.165, 1.54) is 0 Å². The molecule has 1 aliphatic heterocycles. The van der Waals surface area contributed by atoms with Gasteiger partial charge in [-0.3, -0.25) is 14.5 Å². The van der Waals surface area contributed by atoms with E-state index in [0.29, 0.717) is 6.54 Å². The van der Waals surface area contributed by atoms with Crippen LogP contribution < -0.4 is 10.6 Å². The summed E-state index contributed by atoms with van der Waals surface area (Å²) < 4.78 is 0. The van der Waals surface area contributed by atoms with Gasteiger partial charge in [0.15, 0.2) is 0 Å². The first-order valence-electron chi connectivity index (χ1n) is 6.46. The van der Waals surface area contributed by atoms with Crippen molar-refractivity contribution in [2.45, 2.75) is 13.8 Å². The van der Waals surface area contributed by atoms with Crippen LogP contribution in [0.3, 0.4) is 0 Å². The molecule has 1 amide bonds. The Labute approximate surface area is 108 Å². The highest BCUT2D eigenvalue weighted by Gasteiger charge is 2.25. The van der Waals surface area contributed by atoms with Crippen LogP contribution in [0.5, 0.6) is 0 Å². The number of nitrogens with one attached hydrogen (secondary N) is 2. The molecule has 0 bridgehead atoms. The monoisotopic (exact) mass is 257 g/mol. The number of hydrogen-bond acceptors (Lipinski definition) is 4. The maximum atomic E-state index is 11.7. The lowest BCUT2D eigenvalue weighted by molar-refractivity contribution is -0.146. The lowest BCUT2D eigenvalue weighted by Crippen LogP contribution is -2.47. The summed E-state index contributed by atoms with van der Waals surface area (Å²) in [5, 5.41) is 14.9. The fourth-order valence-electron chi connectivity index (χ4n) is 1.87. The minimum atomic E-state index is -0.931. The zero-order chi connectivity index (χ0) is 13.5. The molecule has 0 radical (unpaired) electrons. The van der Waals surface area contributed by atoms with Gasteiger partial charge in [-0.1, -0.05) is 13.8 Å². The molecular formula is C12H23N3O3. The van der Waals surface area contributed by atoms with Gasteiger partial charge in [-0.25, -0.2) is 0 Å². The normalized spacial score (nSPS) is 20.1. The van der Waals surface area contributed by atoms with E-state index in [4.69, 9.17) is 5.11 Å². The number of carbonyl (C=O) groups is 2. The van der Waals surface area contributed by atoms with Crippen LogP contribution in [0.15, 0.2) is 0 Å². The van der Waals surface area contributed by atoms with Crippen molar-refractivity contribution in [3.63, 3.8) is 0 Å². The van der Waals surface area contributed by atoms with Crippen molar-refractivity contribution in [3.05, 3.63) is 0 Å². The van der Waals surface area contributed by atoms with Crippen LogP contribution in [-0.4, -0.2) is 61.2 Å². The number of nitrogens with zero attached hydrogens (tertiary/aromatic N) is 1. The van der Waals surface area contributed by atoms with Crippen molar-refractivity contribution in [1.82, 2.24) is 15.5 Å². The fourth-order valence-corrected chi connectivity index (χ4v) is 1.87. The third-order valence-corrected chi connectivity index (χ3v) is 3.49. The number of carbonyl (C=O) groups excluding carboxylic acids is 1. The van der Waals surface area contributed by atoms with Crippen molar-refractivity contribution in [3.8, 4) is 0 Å². The molecule has 0 spiro atoms. The van der Waals surface area contributed by atoms with E-state index < -0.39 is 17.8 Å². The lowest BCUT2D eigenvalue weighted by atomic mass is 9.95. The molecule has 0 aromatic carbocycles. The van der Waals surface area contributed by atoms with Crippen LogP contribution in [-0.2, 0) is 9.59 Å². The minimum absolute atomic E-state index is 0.181. The molecule has 18 heavy (non-hydrogen) atoms. The number of hydrogen-bond donors (Lipinski definition) is 3. The van der Waals surface area contributed by atoms with Crippen LogP contribution in [0.25, 0.3) is 0 Å². The predicted molar refractivity (Wildman–Crippen MR) is 68.3 cm³/mol. The van der Waals surface area contributed by atoms with E-state index in [2.05, 4.69) is 15.5 Å². The van der Waals surface area contributed by atoms with Gasteiger partial charge in [0, 0.05) is 45.2 Å². The first-order valence-corrected chi connectivity index (χ1v) is 6.46. The van der Waals surface area contributed by atoms with E-state index >= 15 is 0 Å². The number of aliphatic carboxylic acids is 1. The number of rotatable bonds is 6. The maximum absolute atomic E-state index is 11.7. The third kappa shape index (κ3) is 4.62. The van der Waals surface area contributed by atoms with Crippen LogP contribution >= 0.6 is 0 Å². The molecule has 0 aromatic rings. The highest BCUT2D eigenvalue weighted by Crippen LogP contribution is 2.10. The average molecular weight is 257 g/mol. The van der Waals surface area contributed by atoms with Gasteiger partial charge in [-0.2, -0.15) is 0 Å². The topological polar surface area (TPSA) is 81.7 Å². The van der Waals surface area contributed by atoms with Crippen LogP contribution in [0.1, 0.15) is 13.8 Å². The Morgan fingerprint density at radius 2 is 1.89 bits per heavy atom. The Balaban J connectivity index is 2.21. The van der Waals surface area contributed by atoms with Gasteiger partial charge < -0.3 is 15.7 Å². The molecule has 1 aliphatic rings. The second-order valence-corrected chi connectivity index (χ2v) is 4.80. The number of carboxylic acids is 1. The molecule has 3 N–H and O–H groups in total. The summed E-state index contributed by atoms with van der Waals surface area (Å²) >= 11 is 0. The summed E-state index contributed by atoms with van der Waals surface area (Å²) in [5.41, 5.74) is 0. The molecule has 6 heteroatoms. The first kappa shape index (κ1) is 14.9. The van der Waals surface area contributed by atoms with Crippen LogP contribution in [0.2, 0.25) is 0 Å². The largest absolute Gasteiger partial charge is 0.481 e. The Bertz CT molecular complexity index is 290. The summed E-state index contributed by atoms with van der Waals surface area (Å²) in [6, 6.07) is 0. The molecule has 1 rings (SSSR count). The van der Waals surface area contributed by atoms with Crippen molar-refractivity contribution >= 4 is 11.9 Å². The third-order valence-electron chi connectivity index (χ3n) is 3.49. The summed E-state index contributed by atoms with van der Waals surface area (Å²) in [5.74, 6) is -2.26. The summed E-state index contributed by atoms with van der Waals surface area (Å²) in [6.45, 7) is 8.58. The Hall–Kier alpha value is -1.14. The van der Waals surface area contributed by atoms with Crippen molar-refractivity contribution < 1.29 is 14.7 Å². The van der Waals surface area contributed by atoms with Gasteiger partial charge in [0.2, 0.25) is 5.91 Å². The molecule has 2 unspecified atom stereocenters. The second kappa shape index (κ2) is 7.33. The Morgan fingerprint density at radius 1 is 1.28 bits per heavy atom. The van der Waals surface area contributed by atoms with Gasteiger partial charge >= 0.3 is 5.97 Å². The summed E-state index contributed by atoms with van der Waals surface area (Å²) in [6.07, 6.45) is 0. The molecular weight excluding hydrogens is 234 g/mol. The van der Waals surface area contributed by atoms with Gasteiger partial charge in [0.1, 0.15) is 0 Å². The van der Waals surface area contributed by atoms with E-state index in [1.807, 2.05) is 0 Å². The van der Waals surface area contributed by atoms with E-state index in [1.54, 1.807) is 13.8 Å². The van der Waals surface area contributed by atoms with Crippen LogP contribution in [0, 0.1) is 11.8 Å². The Kier molecular flexibility index (Phi) is 6.07. The zero-order valence-electron chi connectivity index (χ0n) is 11.1.